The third-order valence-corrected chi connectivity index (χ3v) is 5.13. The summed E-state index contributed by atoms with van der Waals surface area (Å²) in [6.45, 7) is 5.89. The van der Waals surface area contributed by atoms with Crippen molar-refractivity contribution in [2.75, 3.05) is 31.6 Å². The topological polar surface area (TPSA) is 61.9 Å². The smallest absolute Gasteiger partial charge is 0.321 e. The number of amides is 3. The monoisotopic (exact) mass is 381 g/mol. The molecule has 148 valence electrons. The summed E-state index contributed by atoms with van der Waals surface area (Å²) in [5, 5.41) is 2.79. The predicted molar refractivity (Wildman–Crippen MR) is 110 cm³/mol. The summed E-state index contributed by atoms with van der Waals surface area (Å²) in [4.78, 5) is 28.8. The van der Waals surface area contributed by atoms with Crippen LogP contribution in [0.2, 0.25) is 0 Å². The first kappa shape index (κ1) is 19.7. The number of benzene rings is 2. The summed E-state index contributed by atoms with van der Waals surface area (Å²) in [7, 11) is 1.64. The summed E-state index contributed by atoms with van der Waals surface area (Å²) >= 11 is 0. The van der Waals surface area contributed by atoms with Gasteiger partial charge < -0.3 is 15.0 Å². The first-order chi connectivity index (χ1) is 13.6. The second-order valence-electron chi connectivity index (χ2n) is 6.72. The van der Waals surface area contributed by atoms with Gasteiger partial charge in [0.2, 0.25) is 0 Å². The molecule has 0 bridgehead atoms. The fraction of sp³-hybridized carbons (Fsp3) is 0.364. The molecule has 0 unspecified atom stereocenters. The molecule has 1 N–H and O–H groups in total. The van der Waals surface area contributed by atoms with E-state index in [0.29, 0.717) is 25.2 Å². The van der Waals surface area contributed by atoms with Gasteiger partial charge in [0.25, 0.3) is 5.91 Å². The lowest BCUT2D eigenvalue weighted by atomic mass is 10.0. The molecule has 0 radical (unpaired) electrons. The highest BCUT2D eigenvalue weighted by molar-refractivity contribution is 5.98. The molecule has 0 spiro atoms. The van der Waals surface area contributed by atoms with Crippen molar-refractivity contribution in [3.05, 3.63) is 59.7 Å². The third kappa shape index (κ3) is 3.96. The Morgan fingerprint density at radius 2 is 1.96 bits per heavy atom. The fourth-order valence-electron chi connectivity index (χ4n) is 3.66. The number of hydrogen-bond acceptors (Lipinski definition) is 3. The predicted octanol–water partition coefficient (Wildman–Crippen LogP) is 3.84. The number of nitrogens with one attached hydrogen (secondary N) is 1. The number of nitrogens with zero attached hydrogens (tertiary/aromatic N) is 2. The van der Waals surface area contributed by atoms with Crippen molar-refractivity contribution in [3.63, 3.8) is 0 Å². The van der Waals surface area contributed by atoms with Gasteiger partial charge in [0, 0.05) is 30.9 Å². The van der Waals surface area contributed by atoms with Gasteiger partial charge >= 0.3 is 6.03 Å². The quantitative estimate of drug-likeness (QED) is 0.793. The molecule has 3 rings (SSSR count). The van der Waals surface area contributed by atoms with Gasteiger partial charge in [0.05, 0.1) is 13.2 Å². The normalized spacial score (nSPS) is 14.5. The lowest BCUT2D eigenvalue weighted by molar-refractivity contribution is 0.0683. The average Bonchev–Trinajstić information content (AvgIpc) is 3.17. The number of methoxy groups -OCH3 is 1. The summed E-state index contributed by atoms with van der Waals surface area (Å²) in [5.41, 5.74) is 2.41. The molecule has 1 saturated heterocycles. The first-order valence-corrected chi connectivity index (χ1v) is 9.69. The maximum Gasteiger partial charge on any atom is 0.321 e. The zero-order valence-electron chi connectivity index (χ0n) is 16.6. The number of carbonyl (C=O) groups excluding carboxylic acids is 2. The van der Waals surface area contributed by atoms with E-state index in [1.165, 1.54) is 0 Å². The number of rotatable bonds is 7. The summed E-state index contributed by atoms with van der Waals surface area (Å²) < 4.78 is 5.24. The maximum absolute atomic E-state index is 13.3. The molecule has 0 saturated carbocycles. The number of hydrogen-bond donors (Lipinski definition) is 1. The highest BCUT2D eigenvalue weighted by atomic mass is 16.5. The van der Waals surface area contributed by atoms with Crippen molar-refractivity contribution in [2.24, 2.45) is 0 Å². The van der Waals surface area contributed by atoms with Crippen LogP contribution in [0.3, 0.4) is 0 Å². The highest BCUT2D eigenvalue weighted by Crippen LogP contribution is 2.28. The van der Waals surface area contributed by atoms with Crippen LogP contribution in [-0.4, -0.2) is 43.6 Å². The van der Waals surface area contributed by atoms with E-state index in [0.717, 1.165) is 23.4 Å². The highest BCUT2D eigenvalue weighted by Gasteiger charge is 2.26. The standard InChI is InChI=1S/C22H27N3O3/c1-4-20(16-9-11-19(28-3)12-10-16)24(5-2)21(26)17-7-6-8-18(15-17)25-14-13-23-22(25)27/h6-12,15,20H,4-5,13-14H2,1-3H3,(H,23,27)/t20-/m0/s1. The summed E-state index contributed by atoms with van der Waals surface area (Å²) in [6, 6.07) is 15.0. The largest absolute Gasteiger partial charge is 0.497 e. The van der Waals surface area contributed by atoms with Gasteiger partial charge in [0.15, 0.2) is 0 Å². The summed E-state index contributed by atoms with van der Waals surface area (Å²) in [6.07, 6.45) is 0.806. The van der Waals surface area contributed by atoms with Crippen LogP contribution in [0.1, 0.15) is 42.2 Å². The number of ether oxygens (including phenoxy) is 1. The minimum absolute atomic E-state index is 0.0258. The molecule has 6 heteroatoms. The van der Waals surface area contributed by atoms with Crippen LogP contribution in [0.4, 0.5) is 10.5 Å². The third-order valence-electron chi connectivity index (χ3n) is 5.13. The van der Waals surface area contributed by atoms with Gasteiger partial charge in [-0.05, 0) is 49.2 Å². The molecule has 1 aliphatic rings. The molecule has 0 aromatic heterocycles. The minimum Gasteiger partial charge on any atom is -0.497 e. The van der Waals surface area contributed by atoms with Gasteiger partial charge in [-0.25, -0.2) is 4.79 Å². The minimum atomic E-state index is -0.124. The molecule has 28 heavy (non-hydrogen) atoms. The molecule has 1 fully saturated rings. The Kier molecular flexibility index (Phi) is 6.19. The fourth-order valence-corrected chi connectivity index (χ4v) is 3.66. The number of carbonyl (C=O) groups is 2. The molecule has 2 aromatic carbocycles. The van der Waals surface area contributed by atoms with Crippen molar-refractivity contribution < 1.29 is 14.3 Å². The molecule has 1 aliphatic heterocycles. The zero-order chi connectivity index (χ0) is 20.1. The van der Waals surface area contributed by atoms with Crippen molar-refractivity contribution in [2.45, 2.75) is 26.3 Å². The molecule has 2 aromatic rings. The number of urea groups is 1. The van der Waals surface area contributed by atoms with Gasteiger partial charge in [-0.15, -0.1) is 0 Å². The second kappa shape index (κ2) is 8.78. The Labute approximate surface area is 166 Å². The van der Waals surface area contributed by atoms with E-state index in [4.69, 9.17) is 4.74 Å². The van der Waals surface area contributed by atoms with Crippen molar-refractivity contribution >= 4 is 17.6 Å². The molecule has 6 nitrogen and oxygen atoms in total. The molecular formula is C22H27N3O3. The SMILES string of the molecule is CC[C@@H](c1ccc(OC)cc1)N(CC)C(=O)c1cccc(N2CCNC2=O)c1. The van der Waals surface area contributed by atoms with Crippen LogP contribution in [0, 0.1) is 0 Å². The van der Waals surface area contributed by atoms with E-state index in [9.17, 15) is 9.59 Å². The second-order valence-corrected chi connectivity index (χ2v) is 6.72. The van der Waals surface area contributed by atoms with E-state index in [1.54, 1.807) is 18.1 Å². The Balaban J connectivity index is 1.86. The van der Waals surface area contributed by atoms with Crippen LogP contribution in [0.15, 0.2) is 48.5 Å². The van der Waals surface area contributed by atoms with Gasteiger partial charge in [-0.3, -0.25) is 9.69 Å². The Morgan fingerprint density at radius 3 is 2.54 bits per heavy atom. The average molecular weight is 381 g/mol. The van der Waals surface area contributed by atoms with Crippen LogP contribution < -0.4 is 15.0 Å². The molecule has 1 atom stereocenters. The summed E-state index contributed by atoms with van der Waals surface area (Å²) in [5.74, 6) is 0.760. The van der Waals surface area contributed by atoms with Crippen LogP contribution >= 0.6 is 0 Å². The maximum atomic E-state index is 13.3. The first-order valence-electron chi connectivity index (χ1n) is 9.69. The Bertz CT molecular complexity index is 835. The van der Waals surface area contributed by atoms with E-state index >= 15 is 0 Å². The van der Waals surface area contributed by atoms with E-state index < -0.39 is 0 Å². The molecule has 1 heterocycles. The molecular weight excluding hydrogens is 354 g/mol. The van der Waals surface area contributed by atoms with E-state index in [1.807, 2.05) is 54.3 Å². The van der Waals surface area contributed by atoms with Crippen LogP contribution in [0.25, 0.3) is 0 Å². The van der Waals surface area contributed by atoms with E-state index in [2.05, 4.69) is 12.2 Å². The molecule has 3 amide bonds. The van der Waals surface area contributed by atoms with Crippen molar-refractivity contribution in [1.29, 1.82) is 0 Å². The van der Waals surface area contributed by atoms with Gasteiger partial charge in [0.1, 0.15) is 5.75 Å². The number of anilines is 1. The zero-order valence-corrected chi connectivity index (χ0v) is 16.6. The lowest BCUT2D eigenvalue weighted by Crippen LogP contribution is -2.35. The van der Waals surface area contributed by atoms with Crippen molar-refractivity contribution in [3.8, 4) is 5.75 Å². The molecule has 0 aliphatic carbocycles. The van der Waals surface area contributed by atoms with Crippen LogP contribution in [0.5, 0.6) is 5.75 Å². The van der Waals surface area contributed by atoms with Gasteiger partial charge in [-0.1, -0.05) is 25.1 Å². The Hall–Kier alpha value is -3.02. The Morgan fingerprint density at radius 1 is 1.21 bits per heavy atom. The van der Waals surface area contributed by atoms with Crippen LogP contribution in [-0.2, 0) is 0 Å². The lowest BCUT2D eigenvalue weighted by Gasteiger charge is -2.31. The van der Waals surface area contributed by atoms with E-state index in [-0.39, 0.29) is 18.0 Å². The van der Waals surface area contributed by atoms with Crippen molar-refractivity contribution in [1.82, 2.24) is 10.2 Å². The van der Waals surface area contributed by atoms with Gasteiger partial charge in [-0.2, -0.15) is 0 Å².